The van der Waals surface area contributed by atoms with E-state index in [-0.39, 0.29) is 10.8 Å². The number of hydrogen-bond donors (Lipinski definition) is 1. The quantitative estimate of drug-likeness (QED) is 0.591. The van der Waals surface area contributed by atoms with Crippen LogP contribution in [0.3, 0.4) is 0 Å². The maximum absolute atomic E-state index is 13.2. The number of imidazole rings is 1. The minimum Gasteiger partial charge on any atom is -0.392 e. The fourth-order valence-electron chi connectivity index (χ4n) is 3.31. The van der Waals surface area contributed by atoms with E-state index in [4.69, 9.17) is 0 Å². The van der Waals surface area contributed by atoms with Crippen LogP contribution in [0.2, 0.25) is 0 Å². The fourth-order valence-corrected chi connectivity index (χ4v) is 4.26. The van der Waals surface area contributed by atoms with Gasteiger partial charge in [0.15, 0.2) is 15.5 Å². The van der Waals surface area contributed by atoms with Gasteiger partial charge in [0.2, 0.25) is 0 Å². The summed E-state index contributed by atoms with van der Waals surface area (Å²) in [7, 11) is -3.53. The molecule has 166 valence electrons. The van der Waals surface area contributed by atoms with Gasteiger partial charge in [-0.25, -0.2) is 13.4 Å². The Hall–Kier alpha value is -2.65. The van der Waals surface area contributed by atoms with Gasteiger partial charge in [-0.1, -0.05) is 38.1 Å². The van der Waals surface area contributed by atoms with E-state index in [0.717, 1.165) is 12.5 Å². The van der Waals surface area contributed by atoms with Crippen LogP contribution in [0.15, 0.2) is 53.6 Å². The molecular formula is C22H23F3N2O3S. The van der Waals surface area contributed by atoms with Gasteiger partial charge in [0, 0.05) is 24.6 Å². The van der Waals surface area contributed by atoms with Crippen molar-refractivity contribution in [3.05, 3.63) is 65.7 Å². The van der Waals surface area contributed by atoms with Gasteiger partial charge in [-0.15, -0.1) is 0 Å². The minimum absolute atomic E-state index is 0.0419. The molecular weight excluding hydrogens is 429 g/mol. The van der Waals surface area contributed by atoms with Crippen molar-refractivity contribution in [3.8, 4) is 16.8 Å². The van der Waals surface area contributed by atoms with Crippen LogP contribution in [0.5, 0.6) is 0 Å². The number of aromatic nitrogens is 2. The third-order valence-electron chi connectivity index (χ3n) is 4.78. The third kappa shape index (κ3) is 5.16. The van der Waals surface area contributed by atoms with E-state index in [1.165, 1.54) is 10.6 Å². The highest BCUT2D eigenvalue weighted by molar-refractivity contribution is 7.90. The summed E-state index contributed by atoms with van der Waals surface area (Å²) >= 11 is 0. The minimum atomic E-state index is -4.53. The lowest BCUT2D eigenvalue weighted by molar-refractivity contribution is -0.141. The van der Waals surface area contributed by atoms with E-state index in [1.807, 2.05) is 13.8 Å². The van der Waals surface area contributed by atoms with E-state index < -0.39 is 28.3 Å². The zero-order valence-corrected chi connectivity index (χ0v) is 18.1. The molecule has 0 saturated heterocycles. The van der Waals surface area contributed by atoms with Gasteiger partial charge in [-0.3, -0.25) is 0 Å². The van der Waals surface area contributed by atoms with Crippen molar-refractivity contribution in [1.29, 1.82) is 0 Å². The lowest BCUT2D eigenvalue weighted by Gasteiger charge is -2.12. The maximum atomic E-state index is 13.2. The number of hydrogen-bond acceptors (Lipinski definition) is 4. The first kappa shape index (κ1) is 23.0. The second-order valence-corrected chi connectivity index (χ2v) is 9.79. The van der Waals surface area contributed by atoms with Crippen LogP contribution in [0, 0.1) is 5.92 Å². The molecule has 0 spiro atoms. The topological polar surface area (TPSA) is 72.2 Å². The lowest BCUT2D eigenvalue weighted by Crippen LogP contribution is -2.06. The van der Waals surface area contributed by atoms with E-state index in [2.05, 4.69) is 4.98 Å². The van der Waals surface area contributed by atoms with Crippen LogP contribution in [0.1, 0.15) is 30.9 Å². The molecule has 0 saturated carbocycles. The van der Waals surface area contributed by atoms with Crippen LogP contribution in [0.25, 0.3) is 16.8 Å². The molecule has 0 aliphatic rings. The standard InChI is InChI=1S/C22H23F3N2O3S/c1-14(2)10-21-26-20(22(23,24)25)12-27(21)18-8-6-15(7-9-18)16-4-5-17(13-28)19(11-16)31(3,29)30/h4-9,11-12,14,28H,10,13H2,1-3H3. The van der Waals surface area contributed by atoms with Crippen molar-refractivity contribution in [3.63, 3.8) is 0 Å². The van der Waals surface area contributed by atoms with Crippen LogP contribution >= 0.6 is 0 Å². The zero-order valence-electron chi connectivity index (χ0n) is 17.3. The summed E-state index contributed by atoms with van der Waals surface area (Å²) in [4.78, 5) is 3.83. The molecule has 0 radical (unpaired) electrons. The summed E-state index contributed by atoms with van der Waals surface area (Å²) in [6.45, 7) is 3.41. The Labute approximate surface area is 179 Å². The van der Waals surface area contributed by atoms with Crippen LogP contribution < -0.4 is 0 Å². The van der Waals surface area contributed by atoms with Crippen LogP contribution in [0.4, 0.5) is 13.2 Å². The summed E-state index contributed by atoms with van der Waals surface area (Å²) in [6.07, 6.45) is -2.09. The molecule has 2 aromatic carbocycles. The summed E-state index contributed by atoms with van der Waals surface area (Å²) < 4.78 is 65.0. The van der Waals surface area contributed by atoms with Gasteiger partial charge >= 0.3 is 6.18 Å². The highest BCUT2D eigenvalue weighted by atomic mass is 32.2. The number of rotatable bonds is 6. The average Bonchev–Trinajstić information content (AvgIpc) is 3.10. The normalized spacial score (nSPS) is 12.5. The zero-order chi connectivity index (χ0) is 23.0. The Morgan fingerprint density at radius 1 is 1.06 bits per heavy atom. The second kappa shape index (κ2) is 8.47. The SMILES string of the molecule is CC(C)Cc1nc(C(F)(F)F)cn1-c1ccc(-c2ccc(CO)c(S(C)(=O)=O)c2)cc1. The highest BCUT2D eigenvalue weighted by Gasteiger charge is 2.35. The van der Waals surface area contributed by atoms with E-state index in [9.17, 15) is 26.7 Å². The van der Waals surface area contributed by atoms with Crippen LogP contribution in [-0.4, -0.2) is 29.3 Å². The molecule has 0 bridgehead atoms. The van der Waals surface area contributed by atoms with Crippen LogP contribution in [-0.2, 0) is 29.0 Å². The number of halogens is 3. The summed E-state index contributed by atoms with van der Waals surface area (Å²) in [5, 5.41) is 9.40. The first-order valence-corrected chi connectivity index (χ1v) is 11.5. The number of benzene rings is 2. The number of sulfone groups is 1. The summed E-state index contributed by atoms with van der Waals surface area (Å²) in [5.41, 5.74) is 1.20. The van der Waals surface area contributed by atoms with Crippen molar-refractivity contribution >= 4 is 9.84 Å². The van der Waals surface area contributed by atoms with Gasteiger partial charge in [0.1, 0.15) is 5.82 Å². The number of aliphatic hydroxyl groups excluding tert-OH is 1. The molecule has 0 amide bonds. The predicted octanol–water partition coefficient (Wildman–Crippen LogP) is 4.65. The summed E-state index contributed by atoms with van der Waals surface area (Å²) in [5.74, 6) is 0.447. The smallest absolute Gasteiger partial charge is 0.392 e. The number of alkyl halides is 3. The molecule has 1 heterocycles. The molecule has 0 aliphatic carbocycles. The molecule has 9 heteroatoms. The predicted molar refractivity (Wildman–Crippen MR) is 112 cm³/mol. The largest absolute Gasteiger partial charge is 0.434 e. The van der Waals surface area contributed by atoms with Gasteiger partial charge in [0.25, 0.3) is 0 Å². The Balaban J connectivity index is 2.02. The first-order chi connectivity index (χ1) is 14.4. The molecule has 3 aromatic rings. The molecule has 0 fully saturated rings. The maximum Gasteiger partial charge on any atom is 0.434 e. The Bertz CT molecular complexity index is 1180. The van der Waals surface area contributed by atoms with E-state index in [1.54, 1.807) is 36.4 Å². The van der Waals surface area contributed by atoms with Gasteiger partial charge in [0.05, 0.1) is 11.5 Å². The molecule has 0 aliphatic heterocycles. The molecule has 0 atom stereocenters. The van der Waals surface area contributed by atoms with Crippen molar-refractivity contribution in [2.45, 2.75) is 37.9 Å². The third-order valence-corrected chi connectivity index (χ3v) is 5.96. The van der Waals surface area contributed by atoms with E-state index in [0.29, 0.717) is 34.6 Å². The van der Waals surface area contributed by atoms with Gasteiger partial charge in [-0.05, 0) is 40.8 Å². The molecule has 3 rings (SSSR count). The monoisotopic (exact) mass is 452 g/mol. The molecule has 1 aromatic heterocycles. The van der Waals surface area contributed by atoms with Crippen molar-refractivity contribution < 1.29 is 26.7 Å². The fraction of sp³-hybridized carbons (Fsp3) is 0.318. The van der Waals surface area contributed by atoms with Crippen molar-refractivity contribution in [2.24, 2.45) is 5.92 Å². The van der Waals surface area contributed by atoms with Crippen molar-refractivity contribution in [1.82, 2.24) is 9.55 Å². The van der Waals surface area contributed by atoms with E-state index >= 15 is 0 Å². The lowest BCUT2D eigenvalue weighted by atomic mass is 10.0. The molecule has 1 N–H and O–H groups in total. The van der Waals surface area contributed by atoms with Crippen molar-refractivity contribution in [2.75, 3.05) is 6.26 Å². The number of aliphatic hydroxyl groups is 1. The molecule has 31 heavy (non-hydrogen) atoms. The average molecular weight is 452 g/mol. The van der Waals surface area contributed by atoms with Gasteiger partial charge in [-0.2, -0.15) is 13.2 Å². The highest BCUT2D eigenvalue weighted by Crippen LogP contribution is 2.31. The molecule has 5 nitrogen and oxygen atoms in total. The Morgan fingerprint density at radius 2 is 1.68 bits per heavy atom. The number of nitrogens with zero attached hydrogens (tertiary/aromatic N) is 2. The first-order valence-electron chi connectivity index (χ1n) is 9.60. The Morgan fingerprint density at radius 3 is 2.19 bits per heavy atom. The summed E-state index contributed by atoms with van der Waals surface area (Å²) in [6, 6.07) is 11.5. The molecule has 0 unspecified atom stereocenters. The van der Waals surface area contributed by atoms with Gasteiger partial charge < -0.3 is 9.67 Å². The second-order valence-electron chi connectivity index (χ2n) is 7.81. The Kier molecular flexibility index (Phi) is 6.29.